The number of hydrogen-bond acceptors (Lipinski definition) is 17. The van der Waals surface area contributed by atoms with Gasteiger partial charge in [0.2, 0.25) is 53.2 Å². The molecule has 2 aliphatic rings. The van der Waals surface area contributed by atoms with Crippen molar-refractivity contribution in [2.75, 3.05) is 93.3 Å². The monoisotopic (exact) mass is 1450 g/mol. The number of piperidine rings is 1. The van der Waals surface area contributed by atoms with Gasteiger partial charge in [0.15, 0.2) is 0 Å². The number of anilines is 1. The average molecular weight is 1450 g/mol. The molecule has 2 aromatic carbocycles. The molecule has 2 aliphatic heterocycles. The zero-order valence-corrected chi connectivity index (χ0v) is 64.2. The van der Waals surface area contributed by atoms with E-state index in [1.807, 2.05) is 119 Å². The molecular formula is C75H125N13O15. The number of aliphatic hydroxyl groups excluding tert-OH is 1. The summed E-state index contributed by atoms with van der Waals surface area (Å²) in [5.41, 5.74) is 7.17. The van der Waals surface area contributed by atoms with E-state index >= 15 is 0 Å². The number of hydrogen-bond donors (Lipinski definition) is 10. The van der Waals surface area contributed by atoms with Crippen molar-refractivity contribution in [2.24, 2.45) is 41.2 Å². The summed E-state index contributed by atoms with van der Waals surface area (Å²) in [5, 5.41) is 34.7. The second kappa shape index (κ2) is 45.1. The molecule has 11 amide bonds. The predicted octanol–water partition coefficient (Wildman–Crippen LogP) is 4.06. The smallest absolute Gasteiger partial charge is 0.312 e. The molecule has 580 valence electrons. The summed E-state index contributed by atoms with van der Waals surface area (Å²) >= 11 is 0. The molecule has 0 radical (unpaired) electrons. The quantitative estimate of drug-likeness (QED) is 0.0330. The molecule has 0 spiro atoms. The summed E-state index contributed by atoms with van der Waals surface area (Å²) in [6, 6.07) is 10.0. The Kier molecular flexibility index (Phi) is 38.6. The van der Waals surface area contributed by atoms with Crippen LogP contribution in [0.4, 0.5) is 10.5 Å². The minimum atomic E-state index is -1.39. The van der Waals surface area contributed by atoms with E-state index < -0.39 is 96.3 Å². The molecule has 0 bridgehead atoms. The molecule has 2 saturated heterocycles. The van der Waals surface area contributed by atoms with Crippen molar-refractivity contribution in [3.63, 3.8) is 0 Å². The number of likely N-dealkylation sites (N-methyl/N-ethyl adjacent to an activating group) is 2. The van der Waals surface area contributed by atoms with E-state index in [-0.39, 0.29) is 137 Å². The van der Waals surface area contributed by atoms with Crippen LogP contribution in [-0.4, -0.2) is 239 Å². The van der Waals surface area contributed by atoms with E-state index in [0.29, 0.717) is 69.4 Å². The highest BCUT2D eigenvalue weighted by atomic mass is 16.5. The van der Waals surface area contributed by atoms with Crippen LogP contribution in [0.3, 0.4) is 0 Å². The number of aliphatic hydroxyl groups is 1. The van der Waals surface area contributed by atoms with Gasteiger partial charge in [0, 0.05) is 84.5 Å². The topological polar surface area (TPSA) is 363 Å². The number of nitrogens with one attached hydrogen (secondary N) is 8. The molecule has 28 heteroatoms. The molecule has 14 atom stereocenters. The fourth-order valence-electron chi connectivity index (χ4n) is 13.9. The number of carbonyl (C=O) groups is 10. The first-order valence-electron chi connectivity index (χ1n) is 37.0. The Morgan fingerprint density at radius 1 is 0.680 bits per heavy atom. The van der Waals surface area contributed by atoms with E-state index in [1.165, 1.54) is 14.2 Å². The molecule has 2 heterocycles. The van der Waals surface area contributed by atoms with Gasteiger partial charge in [-0.15, -0.1) is 0 Å². The highest BCUT2D eigenvalue weighted by molar-refractivity contribution is 5.95. The Morgan fingerprint density at radius 2 is 1.34 bits per heavy atom. The molecule has 0 aliphatic carbocycles. The Morgan fingerprint density at radius 3 is 1.91 bits per heavy atom. The summed E-state index contributed by atoms with van der Waals surface area (Å²) in [6.07, 6.45) is 0.935. The van der Waals surface area contributed by atoms with Crippen molar-refractivity contribution in [1.29, 1.82) is 0 Å². The maximum atomic E-state index is 14.7. The van der Waals surface area contributed by atoms with Gasteiger partial charge >= 0.3 is 6.03 Å². The highest BCUT2D eigenvalue weighted by Gasteiger charge is 2.44. The van der Waals surface area contributed by atoms with Crippen LogP contribution in [0.5, 0.6) is 0 Å². The Bertz CT molecular complexity index is 2970. The molecule has 0 aromatic heterocycles. The van der Waals surface area contributed by atoms with Gasteiger partial charge < -0.3 is 81.7 Å². The van der Waals surface area contributed by atoms with Gasteiger partial charge in [0.1, 0.15) is 18.3 Å². The molecular weight excluding hydrogens is 1320 g/mol. The highest BCUT2D eigenvalue weighted by Crippen LogP contribution is 2.31. The van der Waals surface area contributed by atoms with Gasteiger partial charge in [0.05, 0.1) is 87.6 Å². The predicted molar refractivity (Wildman–Crippen MR) is 394 cm³/mol. The molecule has 0 saturated carbocycles. The number of benzene rings is 2. The lowest BCUT2D eigenvalue weighted by molar-refractivity contribution is -0.148. The fourth-order valence-corrected chi connectivity index (χ4v) is 13.9. The number of methoxy groups -OCH3 is 2. The SMILES string of the molecule is CCNC(=O)C1CCN(C(=O)CCOCCOCCC(=O)N[C@@H](C(C)C)C(O)N[C@@H](CCCNC(N)=O)C(=O)Nc2ccc(CNC(=O)[C@H](Cc3ccccc3)NC(=O)[C@H](C)[C@@H](OC)[C@@H]3CCCN3C(=O)C[C@@H](OC)[C@H]([C@@H](C)CC)N(C)C(=O)[C@@H](NC(=O)[C@H](C(C)C)N(C)C)C(C)C)cc2)C(C)C1. The van der Waals surface area contributed by atoms with Gasteiger partial charge in [-0.25, -0.2) is 4.79 Å². The number of carbonyl (C=O) groups excluding carboxylic acids is 10. The summed E-state index contributed by atoms with van der Waals surface area (Å²) in [4.78, 5) is 143. The maximum Gasteiger partial charge on any atom is 0.312 e. The molecule has 2 fully saturated rings. The lowest BCUT2D eigenvalue weighted by Crippen LogP contribution is -2.59. The molecule has 103 heavy (non-hydrogen) atoms. The van der Waals surface area contributed by atoms with Crippen LogP contribution in [0, 0.1) is 35.5 Å². The van der Waals surface area contributed by atoms with E-state index in [1.54, 1.807) is 52.9 Å². The van der Waals surface area contributed by atoms with Crippen LogP contribution in [0.2, 0.25) is 0 Å². The van der Waals surface area contributed by atoms with Crippen molar-refractivity contribution in [3.8, 4) is 0 Å². The second-order valence-corrected chi connectivity index (χ2v) is 28.8. The first kappa shape index (κ1) is 88.1. The van der Waals surface area contributed by atoms with Crippen molar-refractivity contribution in [2.45, 2.75) is 220 Å². The van der Waals surface area contributed by atoms with Crippen molar-refractivity contribution in [1.82, 2.24) is 56.8 Å². The number of rotatable bonds is 45. The van der Waals surface area contributed by atoms with Crippen molar-refractivity contribution in [3.05, 3.63) is 65.7 Å². The summed E-state index contributed by atoms with van der Waals surface area (Å²) in [7, 11) is 8.41. The molecule has 3 unspecified atom stereocenters. The number of nitrogens with two attached hydrogens (primary N) is 1. The number of nitrogens with zero attached hydrogens (tertiary/aromatic N) is 4. The third-order valence-electron chi connectivity index (χ3n) is 19.8. The van der Waals surface area contributed by atoms with Gasteiger partial charge in [-0.05, 0) is 113 Å². The largest absolute Gasteiger partial charge is 0.379 e. The molecule has 11 N–H and O–H groups in total. The second-order valence-electron chi connectivity index (χ2n) is 28.8. The number of ether oxygens (including phenoxy) is 4. The zero-order chi connectivity index (χ0) is 76.6. The summed E-state index contributed by atoms with van der Waals surface area (Å²) < 4.78 is 23.5. The van der Waals surface area contributed by atoms with E-state index in [4.69, 9.17) is 24.7 Å². The molecule has 4 rings (SSSR count). The lowest BCUT2D eigenvalue weighted by atomic mass is 9.89. The Hall–Kier alpha value is -7.34. The first-order valence-corrected chi connectivity index (χ1v) is 37.0. The zero-order valence-electron chi connectivity index (χ0n) is 64.2. The van der Waals surface area contributed by atoms with E-state index in [2.05, 4.69) is 42.5 Å². The van der Waals surface area contributed by atoms with Crippen molar-refractivity contribution >= 4 is 64.9 Å². The standard InChI is InChI=1S/C75H125N13O15/c1-17-49(9)66(86(14)74(98)64(47(5)6)84-73(97)65(48(7)8)85(12)13)59(100-15)44-62(91)88-36-23-27-58(88)67(101-16)51(11)68(92)82-57(43-52-24-20-19-21-25-52)70(94)79-45-53-28-30-55(31-29-53)80-71(95)56(26-22-35-78-75(76)99)81-72(96)63(46(3)4)83-60(89)33-38-102-40-41-103-39-34-61(90)87-37-32-54(42-50(87)10)69(93)77-18-2/h19-21,24-25,28-31,46-51,54,56-59,63-67,72,81,96H,17-18,22-23,26-27,32-45H2,1-16H3,(H,77,93)(H,79,94)(H,80,95)(H,82,92)(H,83,89)(H,84,97)(H3,76,78,99)/t49-,50?,51+,54?,56-,57-,58-,59+,63-,64-,65-,66-,67+,72?/m0/s1. The summed E-state index contributed by atoms with van der Waals surface area (Å²) in [5.74, 6) is -4.16. The molecule has 2 aromatic rings. The summed E-state index contributed by atoms with van der Waals surface area (Å²) in [6.45, 7) is 23.3. The minimum Gasteiger partial charge on any atom is -0.379 e. The van der Waals surface area contributed by atoms with Crippen LogP contribution in [0.1, 0.15) is 151 Å². The maximum absolute atomic E-state index is 14.7. The number of amides is 11. The fraction of sp³-hybridized carbons (Fsp3) is 0.707. The third-order valence-corrected chi connectivity index (χ3v) is 19.8. The van der Waals surface area contributed by atoms with Gasteiger partial charge in [-0.3, -0.25) is 53.4 Å². The first-order chi connectivity index (χ1) is 48.9. The number of likely N-dealkylation sites (tertiary alicyclic amines) is 2. The molecule has 28 nitrogen and oxygen atoms in total. The Balaban J connectivity index is 1.36. The van der Waals surface area contributed by atoms with E-state index in [9.17, 15) is 53.1 Å². The van der Waals surface area contributed by atoms with Crippen LogP contribution in [0.25, 0.3) is 0 Å². The average Bonchev–Trinajstić information content (AvgIpc) is 1.80. The third kappa shape index (κ3) is 28.2. The Labute approximate surface area is 611 Å². The van der Waals surface area contributed by atoms with Gasteiger partial charge in [-0.2, -0.15) is 0 Å². The van der Waals surface area contributed by atoms with Crippen LogP contribution in [0.15, 0.2) is 54.6 Å². The van der Waals surface area contributed by atoms with Crippen LogP contribution < -0.4 is 48.3 Å². The normalized spacial score (nSPS) is 18.7. The lowest BCUT2D eigenvalue weighted by Gasteiger charge is -2.41. The van der Waals surface area contributed by atoms with Crippen molar-refractivity contribution < 1.29 is 72.0 Å². The van der Waals surface area contributed by atoms with Gasteiger partial charge in [0.25, 0.3) is 0 Å². The number of primary amides is 1. The van der Waals surface area contributed by atoms with E-state index in [0.717, 1.165) is 5.56 Å². The van der Waals surface area contributed by atoms with Crippen LogP contribution in [-0.2, 0) is 75.1 Å². The van der Waals surface area contributed by atoms with Gasteiger partial charge in [-0.1, -0.05) is 111 Å². The minimum absolute atomic E-state index is 0.00624. The van der Waals surface area contributed by atoms with Crippen LogP contribution >= 0.6 is 0 Å². The number of urea groups is 1.